The molecule has 0 aliphatic rings. The molecule has 0 heterocycles. The van der Waals surface area contributed by atoms with Gasteiger partial charge in [0.1, 0.15) is 13.2 Å². The maximum Gasteiger partial charge on any atom is 0.306 e. The number of carbonyl (C=O) groups excluding carboxylic acids is 3. The molecule has 0 rings (SSSR count). The molecule has 78 heavy (non-hydrogen) atoms. The van der Waals surface area contributed by atoms with Crippen LogP contribution in [0, 0.1) is 0 Å². The maximum atomic E-state index is 12.9. The number of unbranched alkanes of at least 4 members (excludes halogenated alkanes) is 24. The highest BCUT2D eigenvalue weighted by atomic mass is 16.6. The lowest BCUT2D eigenvalue weighted by molar-refractivity contribution is -0.167. The molecule has 6 heteroatoms. The normalized spacial score (nSPS) is 13.0. The zero-order chi connectivity index (χ0) is 56.4. The van der Waals surface area contributed by atoms with Crippen LogP contribution in [0.1, 0.15) is 284 Å². The SMILES string of the molecule is CC/C=C\C/C=C\C/C=C\C/C=C\C/C=C\C/C=C\C/C=C\C/C=C\C/C=C\CCCCCCCC(=O)OCC(COC(=O)CCCCCCCCCCCCCC)OC(=O)CCCCCCC/C=C\C/C=C\CCCCC. The summed E-state index contributed by atoms with van der Waals surface area (Å²) in [5, 5.41) is 0. The Labute approximate surface area is 481 Å². The third kappa shape index (κ3) is 62.4. The van der Waals surface area contributed by atoms with Gasteiger partial charge < -0.3 is 14.2 Å². The van der Waals surface area contributed by atoms with Crippen molar-refractivity contribution < 1.29 is 28.6 Å². The molecular weight excluding hydrogens is 961 g/mol. The number of rotatable bonds is 57. The summed E-state index contributed by atoms with van der Waals surface area (Å²) in [6.07, 6.45) is 91.7. The number of carbonyl (C=O) groups is 3. The fourth-order valence-electron chi connectivity index (χ4n) is 8.58. The van der Waals surface area contributed by atoms with Crippen molar-refractivity contribution in [1.29, 1.82) is 0 Å². The molecule has 442 valence electrons. The first kappa shape index (κ1) is 73.5. The molecule has 0 N–H and O–H groups in total. The van der Waals surface area contributed by atoms with Crippen LogP contribution in [-0.4, -0.2) is 37.2 Å². The Morgan fingerprint density at radius 2 is 0.500 bits per heavy atom. The van der Waals surface area contributed by atoms with Crippen molar-refractivity contribution in [3.63, 3.8) is 0 Å². The Morgan fingerprint density at radius 1 is 0.269 bits per heavy atom. The van der Waals surface area contributed by atoms with Gasteiger partial charge in [-0.05, 0) is 122 Å². The molecule has 0 saturated carbocycles. The predicted octanol–water partition coefficient (Wildman–Crippen LogP) is 22.2. The van der Waals surface area contributed by atoms with Gasteiger partial charge in [-0.2, -0.15) is 0 Å². The van der Waals surface area contributed by atoms with E-state index in [-0.39, 0.29) is 31.1 Å². The third-order valence-electron chi connectivity index (χ3n) is 13.4. The zero-order valence-electron chi connectivity index (χ0n) is 50.6. The van der Waals surface area contributed by atoms with Gasteiger partial charge in [-0.15, -0.1) is 0 Å². The quantitative estimate of drug-likeness (QED) is 0.0261. The van der Waals surface area contributed by atoms with Crippen molar-refractivity contribution >= 4 is 17.9 Å². The molecule has 0 aromatic carbocycles. The van der Waals surface area contributed by atoms with E-state index in [9.17, 15) is 14.4 Å². The number of ether oxygens (including phenoxy) is 3. The van der Waals surface area contributed by atoms with Gasteiger partial charge in [0.25, 0.3) is 0 Å². The van der Waals surface area contributed by atoms with Crippen LogP contribution in [0.25, 0.3) is 0 Å². The van der Waals surface area contributed by atoms with E-state index >= 15 is 0 Å². The first-order chi connectivity index (χ1) is 38.5. The lowest BCUT2D eigenvalue weighted by Crippen LogP contribution is -2.30. The molecular formula is C72H118O6. The Morgan fingerprint density at radius 3 is 0.808 bits per heavy atom. The highest BCUT2D eigenvalue weighted by Crippen LogP contribution is 2.15. The van der Waals surface area contributed by atoms with E-state index in [4.69, 9.17) is 14.2 Å². The van der Waals surface area contributed by atoms with Gasteiger partial charge in [0.15, 0.2) is 6.10 Å². The fourth-order valence-corrected chi connectivity index (χ4v) is 8.58. The standard InChI is InChI=1S/C72H118O6/c1-4-7-10-13-16-19-22-25-27-28-29-30-31-32-33-34-35-36-37-38-39-40-41-42-43-44-46-47-50-53-56-59-62-65-71(74)77-68-69(67-76-70(73)64-61-58-55-52-49-24-21-18-15-12-9-6-3)78-72(75)66-63-60-57-54-51-48-45-26-23-20-17-14-11-8-5-2/h7,10,16-17,19-20,25-27,29-30,32-33,35-36,38-39,41-42,44-46,69H,4-6,8-9,11-15,18,21-24,28,31,34,37,40,43,47-68H2,1-3H3/b10-7-,19-16-,20-17-,27-25-,30-29-,33-32-,36-35-,39-38-,42-41-,45-26-,46-44-. The molecule has 0 aliphatic heterocycles. The summed E-state index contributed by atoms with van der Waals surface area (Å²) in [4.78, 5) is 38.2. The summed E-state index contributed by atoms with van der Waals surface area (Å²) >= 11 is 0. The van der Waals surface area contributed by atoms with Crippen molar-refractivity contribution in [1.82, 2.24) is 0 Å². The van der Waals surface area contributed by atoms with Crippen LogP contribution in [0.4, 0.5) is 0 Å². The van der Waals surface area contributed by atoms with E-state index in [0.29, 0.717) is 19.3 Å². The van der Waals surface area contributed by atoms with E-state index in [1.165, 1.54) is 83.5 Å². The van der Waals surface area contributed by atoms with E-state index in [0.717, 1.165) is 161 Å². The molecule has 0 saturated heterocycles. The van der Waals surface area contributed by atoms with Gasteiger partial charge in [0.2, 0.25) is 0 Å². The van der Waals surface area contributed by atoms with Gasteiger partial charge in [-0.1, -0.05) is 276 Å². The van der Waals surface area contributed by atoms with Crippen molar-refractivity contribution in [2.75, 3.05) is 13.2 Å². The molecule has 1 unspecified atom stereocenters. The fraction of sp³-hybridized carbons (Fsp3) is 0.653. The van der Waals surface area contributed by atoms with Crippen molar-refractivity contribution in [3.8, 4) is 0 Å². The molecule has 0 radical (unpaired) electrons. The summed E-state index contributed by atoms with van der Waals surface area (Å²) < 4.78 is 16.9. The monoisotopic (exact) mass is 1080 g/mol. The average molecular weight is 1080 g/mol. The second kappa shape index (κ2) is 65.1. The molecule has 0 aliphatic carbocycles. The van der Waals surface area contributed by atoms with Crippen molar-refractivity contribution in [2.45, 2.75) is 290 Å². The topological polar surface area (TPSA) is 78.9 Å². The average Bonchev–Trinajstić information content (AvgIpc) is 3.44. The van der Waals surface area contributed by atoms with Crippen LogP contribution < -0.4 is 0 Å². The van der Waals surface area contributed by atoms with Crippen LogP contribution in [-0.2, 0) is 28.6 Å². The number of hydrogen-bond acceptors (Lipinski definition) is 6. The minimum atomic E-state index is -0.796. The van der Waals surface area contributed by atoms with E-state index in [1.54, 1.807) is 0 Å². The Bertz CT molecular complexity index is 1670. The zero-order valence-corrected chi connectivity index (χ0v) is 50.6. The summed E-state index contributed by atoms with van der Waals surface area (Å²) in [6.45, 7) is 6.47. The van der Waals surface area contributed by atoms with Crippen LogP contribution in [0.2, 0.25) is 0 Å². The van der Waals surface area contributed by atoms with Gasteiger partial charge in [-0.25, -0.2) is 0 Å². The smallest absolute Gasteiger partial charge is 0.306 e. The first-order valence-electron chi connectivity index (χ1n) is 32.2. The summed E-state index contributed by atoms with van der Waals surface area (Å²) in [7, 11) is 0. The predicted molar refractivity (Wildman–Crippen MR) is 339 cm³/mol. The molecule has 0 amide bonds. The van der Waals surface area contributed by atoms with Crippen molar-refractivity contribution in [2.24, 2.45) is 0 Å². The molecule has 0 fully saturated rings. The lowest BCUT2D eigenvalue weighted by atomic mass is 10.0. The molecule has 1 atom stereocenters. The van der Waals surface area contributed by atoms with E-state index in [1.807, 2.05) is 0 Å². The number of hydrogen-bond donors (Lipinski definition) is 0. The van der Waals surface area contributed by atoms with Gasteiger partial charge in [0, 0.05) is 19.3 Å². The molecule has 0 spiro atoms. The first-order valence-corrected chi connectivity index (χ1v) is 32.2. The minimum Gasteiger partial charge on any atom is -0.462 e. The third-order valence-corrected chi connectivity index (χ3v) is 13.4. The summed E-state index contributed by atoms with van der Waals surface area (Å²) in [5.41, 5.74) is 0. The highest BCUT2D eigenvalue weighted by Gasteiger charge is 2.19. The van der Waals surface area contributed by atoms with Gasteiger partial charge in [-0.3, -0.25) is 14.4 Å². The second-order valence-electron chi connectivity index (χ2n) is 20.9. The van der Waals surface area contributed by atoms with Crippen LogP contribution in [0.5, 0.6) is 0 Å². The summed E-state index contributed by atoms with van der Waals surface area (Å²) in [5.74, 6) is -0.923. The van der Waals surface area contributed by atoms with Crippen LogP contribution >= 0.6 is 0 Å². The molecule has 0 aromatic rings. The summed E-state index contributed by atoms with van der Waals surface area (Å²) in [6, 6.07) is 0. The largest absolute Gasteiger partial charge is 0.462 e. The van der Waals surface area contributed by atoms with E-state index in [2.05, 4.69) is 154 Å². The van der Waals surface area contributed by atoms with Crippen LogP contribution in [0.3, 0.4) is 0 Å². The Balaban J connectivity index is 4.31. The molecule has 6 nitrogen and oxygen atoms in total. The second-order valence-corrected chi connectivity index (χ2v) is 20.9. The van der Waals surface area contributed by atoms with Crippen molar-refractivity contribution in [3.05, 3.63) is 134 Å². The molecule has 0 aromatic heterocycles. The van der Waals surface area contributed by atoms with E-state index < -0.39 is 6.10 Å². The lowest BCUT2D eigenvalue weighted by Gasteiger charge is -2.18. The Kier molecular flexibility index (Phi) is 61.4. The Hall–Kier alpha value is -4.45. The number of esters is 3. The van der Waals surface area contributed by atoms with Crippen LogP contribution in [0.15, 0.2) is 134 Å². The minimum absolute atomic E-state index is 0.0906. The maximum absolute atomic E-state index is 12.9. The molecule has 0 bridgehead atoms. The van der Waals surface area contributed by atoms with Gasteiger partial charge >= 0.3 is 17.9 Å². The van der Waals surface area contributed by atoms with Gasteiger partial charge in [0.05, 0.1) is 0 Å². The number of allylic oxidation sites excluding steroid dienone is 22. The highest BCUT2D eigenvalue weighted by molar-refractivity contribution is 5.71.